The number of carbonyl (C=O) groups excluding carboxylic acids is 2. The molecule has 0 aliphatic heterocycles. The molecule has 4 atom stereocenters. The number of alkyl halides is 6. The molecule has 3 aromatic rings. The maximum atomic E-state index is 14.6. The standard InChI is InChI=1S/C37H38F6O6/c1-46-34(36(38,39)40,28-20-11-5-12-21-28)32(44)48-30(26-16-7-3-8-17-26)24-15-25-31(27-18-9-4-10-19-27)49-33(45)35(47-2,37(41,42)43)29-22-13-6-14-23-29/h3,5-8,11-17,20-23,25,27,30-31H,4,9-10,18-19,24H2,1-2H3/b25-15+/t30-,31-,34-,35-/m0/s1. The van der Waals surface area contributed by atoms with Gasteiger partial charge >= 0.3 is 24.3 Å². The lowest BCUT2D eigenvalue weighted by Gasteiger charge is -2.35. The molecule has 1 aliphatic carbocycles. The van der Waals surface area contributed by atoms with Gasteiger partial charge in [0.05, 0.1) is 0 Å². The summed E-state index contributed by atoms with van der Waals surface area (Å²) in [6, 6.07) is 20.8. The highest BCUT2D eigenvalue weighted by Crippen LogP contribution is 2.45. The Labute approximate surface area is 281 Å². The Hall–Kier alpha value is -4.16. The minimum Gasteiger partial charge on any atom is -0.455 e. The molecule has 0 radical (unpaired) electrons. The Bertz CT molecular complexity index is 1520. The minimum atomic E-state index is -5.21. The summed E-state index contributed by atoms with van der Waals surface area (Å²) in [5, 5.41) is 0. The Morgan fingerprint density at radius 3 is 1.53 bits per heavy atom. The first-order valence-corrected chi connectivity index (χ1v) is 15.8. The molecule has 0 aromatic heterocycles. The van der Waals surface area contributed by atoms with Crippen LogP contribution in [0.4, 0.5) is 26.3 Å². The summed E-state index contributed by atoms with van der Waals surface area (Å²) in [4.78, 5) is 27.0. The Balaban J connectivity index is 1.67. The summed E-state index contributed by atoms with van der Waals surface area (Å²) in [5.41, 5.74) is -7.43. The Morgan fingerprint density at radius 2 is 1.10 bits per heavy atom. The monoisotopic (exact) mass is 692 g/mol. The number of methoxy groups -OCH3 is 2. The molecule has 0 amide bonds. The molecule has 264 valence electrons. The van der Waals surface area contributed by atoms with Crippen LogP contribution in [0.3, 0.4) is 0 Å². The van der Waals surface area contributed by atoms with E-state index in [0.717, 1.165) is 57.7 Å². The summed E-state index contributed by atoms with van der Waals surface area (Å²) >= 11 is 0. The van der Waals surface area contributed by atoms with Gasteiger partial charge in [-0.25, -0.2) is 9.59 Å². The summed E-state index contributed by atoms with van der Waals surface area (Å²) in [6.07, 6.45) is -6.59. The molecule has 0 heterocycles. The van der Waals surface area contributed by atoms with E-state index in [0.29, 0.717) is 18.4 Å². The SMILES string of the molecule is CO[C@](C(=O)O[C@@H](C/C=C/[C@H](OC(=O)[C@@](OC)(c1ccccc1)C(F)(F)F)C1CCCCC1)c1ccccc1)(c1ccccc1)C(F)(F)F. The summed E-state index contributed by atoms with van der Waals surface area (Å²) < 4.78 is 109. The van der Waals surface area contributed by atoms with Gasteiger partial charge in [-0.15, -0.1) is 0 Å². The van der Waals surface area contributed by atoms with Gasteiger partial charge < -0.3 is 18.9 Å². The fourth-order valence-electron chi connectivity index (χ4n) is 6.20. The van der Waals surface area contributed by atoms with Crippen LogP contribution in [0.25, 0.3) is 0 Å². The first-order chi connectivity index (χ1) is 23.3. The van der Waals surface area contributed by atoms with Crippen LogP contribution >= 0.6 is 0 Å². The van der Waals surface area contributed by atoms with Gasteiger partial charge in [0, 0.05) is 31.8 Å². The predicted octanol–water partition coefficient (Wildman–Crippen LogP) is 8.92. The van der Waals surface area contributed by atoms with E-state index >= 15 is 0 Å². The van der Waals surface area contributed by atoms with Crippen LogP contribution < -0.4 is 0 Å². The van der Waals surface area contributed by atoms with E-state index in [-0.39, 0.29) is 12.3 Å². The van der Waals surface area contributed by atoms with Crippen molar-refractivity contribution in [3.8, 4) is 0 Å². The van der Waals surface area contributed by atoms with Gasteiger partial charge in [-0.3, -0.25) is 0 Å². The molecule has 0 unspecified atom stereocenters. The highest BCUT2D eigenvalue weighted by atomic mass is 19.4. The zero-order valence-corrected chi connectivity index (χ0v) is 27.0. The van der Waals surface area contributed by atoms with Crippen molar-refractivity contribution in [2.45, 2.75) is 74.3 Å². The second kappa shape index (κ2) is 16.0. The predicted molar refractivity (Wildman–Crippen MR) is 168 cm³/mol. The molecule has 1 fully saturated rings. The van der Waals surface area contributed by atoms with Gasteiger partial charge in [0.25, 0.3) is 11.2 Å². The van der Waals surface area contributed by atoms with E-state index in [1.807, 2.05) is 0 Å². The lowest BCUT2D eigenvalue weighted by atomic mass is 9.84. The molecule has 12 heteroatoms. The average Bonchev–Trinajstić information content (AvgIpc) is 3.09. The van der Waals surface area contributed by atoms with Crippen molar-refractivity contribution in [3.63, 3.8) is 0 Å². The van der Waals surface area contributed by atoms with Crippen LogP contribution in [0.15, 0.2) is 103 Å². The number of carbonyl (C=O) groups is 2. The first kappa shape index (κ1) is 37.7. The Morgan fingerprint density at radius 1 is 0.673 bits per heavy atom. The van der Waals surface area contributed by atoms with Crippen molar-refractivity contribution in [2.24, 2.45) is 5.92 Å². The molecular weight excluding hydrogens is 654 g/mol. The number of rotatable bonds is 13. The molecule has 6 nitrogen and oxygen atoms in total. The van der Waals surface area contributed by atoms with Gasteiger partial charge in [-0.05, 0) is 30.4 Å². The van der Waals surface area contributed by atoms with Crippen LogP contribution in [0.5, 0.6) is 0 Å². The summed E-state index contributed by atoms with van der Waals surface area (Å²) in [6.45, 7) is 0. The van der Waals surface area contributed by atoms with Crippen molar-refractivity contribution in [3.05, 3.63) is 120 Å². The van der Waals surface area contributed by atoms with E-state index in [9.17, 15) is 35.9 Å². The van der Waals surface area contributed by atoms with Crippen molar-refractivity contribution >= 4 is 11.9 Å². The highest BCUT2D eigenvalue weighted by Gasteiger charge is 2.65. The largest absolute Gasteiger partial charge is 0.455 e. The van der Waals surface area contributed by atoms with Gasteiger partial charge in [-0.2, -0.15) is 26.3 Å². The number of esters is 2. The molecule has 1 aliphatic rings. The van der Waals surface area contributed by atoms with Gasteiger partial charge in [0.15, 0.2) is 0 Å². The van der Waals surface area contributed by atoms with Gasteiger partial charge in [-0.1, -0.05) is 116 Å². The number of hydrogen-bond donors (Lipinski definition) is 0. The second-order valence-corrected chi connectivity index (χ2v) is 11.7. The van der Waals surface area contributed by atoms with Crippen molar-refractivity contribution in [2.75, 3.05) is 14.2 Å². The van der Waals surface area contributed by atoms with E-state index in [1.165, 1.54) is 48.6 Å². The van der Waals surface area contributed by atoms with E-state index in [4.69, 9.17) is 18.9 Å². The van der Waals surface area contributed by atoms with E-state index in [2.05, 4.69) is 0 Å². The first-order valence-electron chi connectivity index (χ1n) is 15.8. The smallest absolute Gasteiger partial charge is 0.432 e. The normalized spacial score (nSPS) is 18.2. The second-order valence-electron chi connectivity index (χ2n) is 11.7. The average molecular weight is 693 g/mol. The topological polar surface area (TPSA) is 71.1 Å². The molecule has 3 aromatic carbocycles. The molecule has 0 spiro atoms. The van der Waals surface area contributed by atoms with Crippen molar-refractivity contribution < 1.29 is 54.9 Å². The molecule has 1 saturated carbocycles. The summed E-state index contributed by atoms with van der Waals surface area (Å²) in [5.74, 6) is -3.70. The van der Waals surface area contributed by atoms with Crippen molar-refractivity contribution in [1.82, 2.24) is 0 Å². The summed E-state index contributed by atoms with van der Waals surface area (Å²) in [7, 11) is 1.54. The van der Waals surface area contributed by atoms with Gasteiger partial charge in [0.1, 0.15) is 12.2 Å². The van der Waals surface area contributed by atoms with Gasteiger partial charge in [0.2, 0.25) is 0 Å². The fraction of sp³-hybridized carbons (Fsp3) is 0.405. The zero-order valence-electron chi connectivity index (χ0n) is 27.0. The van der Waals surface area contributed by atoms with Crippen LogP contribution in [-0.2, 0) is 39.7 Å². The molecule has 49 heavy (non-hydrogen) atoms. The van der Waals surface area contributed by atoms with E-state index in [1.54, 1.807) is 30.3 Å². The van der Waals surface area contributed by atoms with Crippen LogP contribution in [0.1, 0.15) is 61.3 Å². The fourth-order valence-corrected chi connectivity index (χ4v) is 6.20. The molecule has 4 rings (SSSR count). The third-order valence-electron chi connectivity index (χ3n) is 8.80. The maximum absolute atomic E-state index is 14.6. The third-order valence-corrected chi connectivity index (χ3v) is 8.80. The highest BCUT2D eigenvalue weighted by molar-refractivity contribution is 5.83. The molecular formula is C37H38F6O6. The third kappa shape index (κ3) is 8.02. The van der Waals surface area contributed by atoms with Crippen molar-refractivity contribution in [1.29, 1.82) is 0 Å². The van der Waals surface area contributed by atoms with Crippen LogP contribution in [0, 0.1) is 5.92 Å². The number of hydrogen-bond acceptors (Lipinski definition) is 6. The minimum absolute atomic E-state index is 0.198. The molecule has 0 N–H and O–H groups in total. The van der Waals surface area contributed by atoms with E-state index < -0.39 is 58.8 Å². The zero-order chi connectivity index (χ0) is 35.7. The number of halogens is 6. The quantitative estimate of drug-likeness (QED) is 0.101. The number of ether oxygens (including phenoxy) is 4. The number of benzene rings is 3. The molecule has 0 saturated heterocycles. The van der Waals surface area contributed by atoms with Crippen LogP contribution in [0.2, 0.25) is 0 Å². The Kier molecular flexibility index (Phi) is 12.3. The molecule has 0 bridgehead atoms. The lowest BCUT2D eigenvalue weighted by Crippen LogP contribution is -2.52. The lowest BCUT2D eigenvalue weighted by molar-refractivity contribution is -0.279. The van der Waals surface area contributed by atoms with Crippen LogP contribution in [-0.4, -0.2) is 44.6 Å². The maximum Gasteiger partial charge on any atom is 0.432 e.